The molecule has 0 aliphatic heterocycles. The predicted molar refractivity (Wildman–Crippen MR) is 46.0 cm³/mol. The van der Waals surface area contributed by atoms with Gasteiger partial charge in [-0.1, -0.05) is 11.6 Å². The first-order valence-electron chi connectivity index (χ1n) is 3.36. The number of hydrogen-bond donors (Lipinski definition) is 0. The first-order chi connectivity index (χ1) is 6.19. The molecule has 0 bridgehead atoms. The maximum atomic E-state index is 11.2. The Hall–Kier alpha value is -1.78. The van der Waals surface area contributed by atoms with Crippen molar-refractivity contribution < 1.29 is 0 Å². The molecule has 0 N–H and O–H groups in total. The molecule has 0 amide bonds. The SMILES string of the molecule is N#CCn1cc(C#N)cc(Cl)c1=O. The molecule has 0 radical (unpaired) electrons. The summed E-state index contributed by atoms with van der Waals surface area (Å²) in [5, 5.41) is 16.9. The summed E-state index contributed by atoms with van der Waals surface area (Å²) < 4.78 is 1.10. The van der Waals surface area contributed by atoms with Gasteiger partial charge in [-0.3, -0.25) is 9.36 Å². The molecule has 0 aromatic carbocycles. The summed E-state index contributed by atoms with van der Waals surface area (Å²) >= 11 is 5.54. The van der Waals surface area contributed by atoms with Gasteiger partial charge in [-0.25, -0.2) is 0 Å². The lowest BCUT2D eigenvalue weighted by atomic mass is 10.3. The van der Waals surface area contributed by atoms with Crippen molar-refractivity contribution in [3.05, 3.63) is 33.2 Å². The number of nitriles is 2. The third-order valence-corrected chi connectivity index (χ3v) is 1.68. The molecule has 0 aliphatic rings. The van der Waals surface area contributed by atoms with Gasteiger partial charge in [0.25, 0.3) is 5.56 Å². The number of nitrogens with zero attached hydrogens (tertiary/aromatic N) is 3. The molecular weight excluding hydrogens is 190 g/mol. The second-order valence-electron chi connectivity index (χ2n) is 2.28. The minimum Gasteiger partial charge on any atom is -0.299 e. The summed E-state index contributed by atoms with van der Waals surface area (Å²) in [6, 6.07) is 4.91. The lowest BCUT2D eigenvalue weighted by Crippen LogP contribution is -2.19. The van der Waals surface area contributed by atoms with E-state index >= 15 is 0 Å². The van der Waals surface area contributed by atoms with Crippen LogP contribution in [0, 0.1) is 22.7 Å². The van der Waals surface area contributed by atoms with Crippen molar-refractivity contribution in [1.82, 2.24) is 4.57 Å². The first-order valence-corrected chi connectivity index (χ1v) is 3.74. The highest BCUT2D eigenvalue weighted by Crippen LogP contribution is 2.04. The molecule has 4 nitrogen and oxygen atoms in total. The summed E-state index contributed by atoms with van der Waals surface area (Å²) in [4.78, 5) is 11.2. The van der Waals surface area contributed by atoms with Crippen LogP contribution >= 0.6 is 11.6 Å². The van der Waals surface area contributed by atoms with Gasteiger partial charge in [-0.2, -0.15) is 10.5 Å². The maximum absolute atomic E-state index is 11.2. The summed E-state index contributed by atoms with van der Waals surface area (Å²) in [6.07, 6.45) is 1.30. The van der Waals surface area contributed by atoms with Gasteiger partial charge in [0.15, 0.2) is 0 Å². The zero-order valence-corrected chi connectivity index (χ0v) is 7.25. The van der Waals surface area contributed by atoms with E-state index in [2.05, 4.69) is 0 Å². The van der Waals surface area contributed by atoms with Gasteiger partial charge in [0, 0.05) is 6.20 Å². The molecule has 0 saturated heterocycles. The zero-order valence-electron chi connectivity index (χ0n) is 6.49. The molecule has 1 aromatic rings. The summed E-state index contributed by atoms with van der Waals surface area (Å²) in [5.41, 5.74) is -0.193. The fourth-order valence-electron chi connectivity index (χ4n) is 0.854. The van der Waals surface area contributed by atoms with Crippen LogP contribution in [-0.2, 0) is 6.54 Å². The summed E-state index contributed by atoms with van der Waals surface area (Å²) in [5.74, 6) is 0. The van der Waals surface area contributed by atoms with Crippen LogP contribution in [0.3, 0.4) is 0 Å². The lowest BCUT2D eigenvalue weighted by Gasteiger charge is -2.00. The number of aromatic nitrogens is 1. The van der Waals surface area contributed by atoms with Gasteiger partial charge in [0.2, 0.25) is 0 Å². The highest BCUT2D eigenvalue weighted by Gasteiger charge is 2.03. The molecule has 0 aliphatic carbocycles. The van der Waals surface area contributed by atoms with Crippen molar-refractivity contribution in [2.75, 3.05) is 0 Å². The average molecular weight is 194 g/mol. The van der Waals surface area contributed by atoms with Crippen LogP contribution in [0.15, 0.2) is 17.1 Å². The Kier molecular flexibility index (Phi) is 2.69. The quantitative estimate of drug-likeness (QED) is 0.665. The molecule has 1 aromatic heterocycles. The number of pyridine rings is 1. The van der Waals surface area contributed by atoms with Gasteiger partial charge in [-0.15, -0.1) is 0 Å². The van der Waals surface area contributed by atoms with Crippen molar-refractivity contribution in [2.24, 2.45) is 0 Å². The Morgan fingerprint density at radius 3 is 2.77 bits per heavy atom. The number of rotatable bonds is 1. The topological polar surface area (TPSA) is 69.6 Å². The van der Waals surface area contributed by atoms with Crippen molar-refractivity contribution in [3.63, 3.8) is 0 Å². The third-order valence-electron chi connectivity index (χ3n) is 1.41. The van der Waals surface area contributed by atoms with Crippen LogP contribution in [0.25, 0.3) is 0 Å². The van der Waals surface area contributed by atoms with Gasteiger partial charge in [0.1, 0.15) is 17.6 Å². The normalized spacial score (nSPS) is 8.85. The van der Waals surface area contributed by atoms with Gasteiger partial charge < -0.3 is 0 Å². The van der Waals surface area contributed by atoms with Crippen LogP contribution in [0.5, 0.6) is 0 Å². The van der Waals surface area contributed by atoms with Crippen LogP contribution in [0.1, 0.15) is 5.56 Å². The van der Waals surface area contributed by atoms with Crippen LogP contribution in [-0.4, -0.2) is 4.57 Å². The molecular formula is C8H4ClN3O. The van der Waals surface area contributed by atoms with E-state index in [-0.39, 0.29) is 17.1 Å². The standard InChI is InChI=1S/C8H4ClN3O/c9-7-3-6(4-11)5-12(2-1-10)8(7)13/h3,5H,2H2. The molecule has 5 heteroatoms. The Morgan fingerprint density at radius 1 is 1.54 bits per heavy atom. The molecule has 64 valence electrons. The molecule has 0 unspecified atom stereocenters. The van der Waals surface area contributed by atoms with Gasteiger partial charge in [-0.05, 0) is 6.07 Å². The Balaban J connectivity index is 3.37. The van der Waals surface area contributed by atoms with Gasteiger partial charge >= 0.3 is 0 Å². The fourth-order valence-corrected chi connectivity index (χ4v) is 1.08. The van der Waals surface area contributed by atoms with Crippen molar-refractivity contribution in [3.8, 4) is 12.1 Å². The number of halogens is 1. The number of hydrogen-bond acceptors (Lipinski definition) is 3. The third kappa shape index (κ3) is 1.87. The van der Waals surface area contributed by atoms with Crippen LogP contribution in [0.2, 0.25) is 5.02 Å². The molecule has 0 saturated carbocycles. The highest BCUT2D eigenvalue weighted by molar-refractivity contribution is 6.30. The van der Waals surface area contributed by atoms with E-state index in [0.29, 0.717) is 0 Å². The second-order valence-corrected chi connectivity index (χ2v) is 2.69. The highest BCUT2D eigenvalue weighted by atomic mass is 35.5. The molecule has 1 rings (SSSR count). The van der Waals surface area contributed by atoms with Crippen LogP contribution in [0.4, 0.5) is 0 Å². The van der Waals surface area contributed by atoms with E-state index in [0.717, 1.165) is 4.57 Å². The lowest BCUT2D eigenvalue weighted by molar-refractivity contribution is 0.786. The Bertz CT molecular complexity index is 464. The van der Waals surface area contributed by atoms with E-state index < -0.39 is 5.56 Å². The van der Waals surface area contributed by atoms with E-state index in [9.17, 15) is 4.79 Å². The maximum Gasteiger partial charge on any atom is 0.270 e. The van der Waals surface area contributed by atoms with Crippen LogP contribution < -0.4 is 5.56 Å². The average Bonchev–Trinajstić information content (AvgIpc) is 2.13. The molecule has 13 heavy (non-hydrogen) atoms. The van der Waals surface area contributed by atoms with E-state index in [1.54, 1.807) is 6.07 Å². The first kappa shape index (κ1) is 9.31. The molecule has 0 spiro atoms. The minimum atomic E-state index is -0.456. The van der Waals surface area contributed by atoms with E-state index in [1.165, 1.54) is 12.3 Å². The largest absolute Gasteiger partial charge is 0.299 e. The summed E-state index contributed by atoms with van der Waals surface area (Å²) in [7, 11) is 0. The molecule has 1 heterocycles. The Labute approximate surface area is 79.2 Å². The Morgan fingerprint density at radius 2 is 2.23 bits per heavy atom. The van der Waals surface area contributed by atoms with Crippen molar-refractivity contribution in [2.45, 2.75) is 6.54 Å². The second kappa shape index (κ2) is 3.75. The van der Waals surface area contributed by atoms with Gasteiger partial charge in [0.05, 0.1) is 11.6 Å². The molecule has 0 atom stereocenters. The minimum absolute atomic E-state index is 0.0469. The van der Waals surface area contributed by atoms with E-state index in [1.807, 2.05) is 6.07 Å². The van der Waals surface area contributed by atoms with Crippen molar-refractivity contribution in [1.29, 1.82) is 10.5 Å². The van der Waals surface area contributed by atoms with E-state index in [4.69, 9.17) is 22.1 Å². The smallest absolute Gasteiger partial charge is 0.270 e. The monoisotopic (exact) mass is 193 g/mol. The predicted octanol–water partition coefficient (Wildman–Crippen LogP) is 0.897. The van der Waals surface area contributed by atoms with Crippen molar-refractivity contribution >= 4 is 11.6 Å². The molecule has 0 fully saturated rings. The fraction of sp³-hybridized carbons (Fsp3) is 0.125. The zero-order chi connectivity index (χ0) is 9.84. The summed E-state index contributed by atoms with van der Waals surface area (Å²) in [6.45, 7) is -0.103.